The lowest BCUT2D eigenvalue weighted by Crippen LogP contribution is -2.04. The summed E-state index contributed by atoms with van der Waals surface area (Å²) in [4.78, 5) is 0.447. The van der Waals surface area contributed by atoms with Crippen molar-refractivity contribution in [3.8, 4) is 0 Å². The van der Waals surface area contributed by atoms with Crippen molar-refractivity contribution in [3.63, 3.8) is 0 Å². The molecule has 1 atom stereocenters. The Balaban J connectivity index is 2.32. The molecule has 0 spiro atoms. The molecule has 0 fully saturated rings. The van der Waals surface area contributed by atoms with Crippen molar-refractivity contribution < 1.29 is 12.6 Å². The van der Waals surface area contributed by atoms with Gasteiger partial charge < -0.3 is 0 Å². The molecule has 0 heterocycles. The van der Waals surface area contributed by atoms with Crippen LogP contribution in [-0.2, 0) is 19.8 Å². The third-order valence-corrected chi connectivity index (χ3v) is 8.41. The molecule has 2 rings (SSSR count). The van der Waals surface area contributed by atoms with Crippen LogP contribution in [0.2, 0.25) is 0 Å². The number of aryl methyl sites for hydroxylation is 1. The maximum Gasteiger partial charge on any atom is 0.290 e. The fraction of sp³-hybridized carbons (Fsp3) is 0.364. The van der Waals surface area contributed by atoms with Crippen LogP contribution in [0.15, 0.2) is 79.6 Å². The quantitative estimate of drug-likeness (QED) is 0.438. The number of nitrogens with zero attached hydrogens (tertiary/aromatic N) is 1. The second-order valence-electron chi connectivity index (χ2n) is 6.82. The molecule has 0 N–H and O–H groups in total. The first-order chi connectivity index (χ1) is 13.4. The van der Waals surface area contributed by atoms with Gasteiger partial charge in [0.05, 0.1) is 9.79 Å². The van der Waals surface area contributed by atoms with E-state index in [0.717, 1.165) is 24.8 Å². The van der Waals surface area contributed by atoms with Gasteiger partial charge in [0.25, 0.3) is 10.0 Å². The van der Waals surface area contributed by atoms with Gasteiger partial charge in [0.15, 0.2) is 0 Å². The van der Waals surface area contributed by atoms with E-state index < -0.39 is 19.8 Å². The molecule has 0 saturated carbocycles. The van der Waals surface area contributed by atoms with E-state index in [1.54, 1.807) is 48.5 Å². The van der Waals surface area contributed by atoms with Gasteiger partial charge in [-0.1, -0.05) is 78.3 Å². The van der Waals surface area contributed by atoms with Crippen molar-refractivity contribution in [2.75, 3.05) is 0 Å². The van der Waals surface area contributed by atoms with Gasteiger partial charge in [-0.15, -0.1) is 0 Å². The summed E-state index contributed by atoms with van der Waals surface area (Å²) >= 11 is 0. The van der Waals surface area contributed by atoms with Crippen LogP contribution in [0.3, 0.4) is 0 Å². The number of benzene rings is 2. The molecule has 0 aromatic heterocycles. The molecular formula is C22H29NO3S2. The third-order valence-electron chi connectivity index (χ3n) is 4.36. The molecule has 0 aliphatic carbocycles. The summed E-state index contributed by atoms with van der Waals surface area (Å²) in [6, 6.07) is 15.0. The highest BCUT2D eigenvalue weighted by molar-refractivity contribution is 8.05. The zero-order chi connectivity index (χ0) is 20.5. The lowest BCUT2D eigenvalue weighted by Gasteiger charge is -2.07. The van der Waals surface area contributed by atoms with E-state index in [1.165, 1.54) is 36.8 Å². The summed E-state index contributed by atoms with van der Waals surface area (Å²) in [5.74, 6) is 0. The number of hydrogen-bond donors (Lipinski definition) is 0. The topological polar surface area (TPSA) is 63.6 Å². The smallest absolute Gasteiger partial charge is 0.239 e. The van der Waals surface area contributed by atoms with Gasteiger partial charge in [0.1, 0.15) is 9.73 Å². The van der Waals surface area contributed by atoms with E-state index in [4.69, 9.17) is 0 Å². The van der Waals surface area contributed by atoms with Crippen molar-refractivity contribution in [1.29, 1.82) is 0 Å². The fourth-order valence-electron chi connectivity index (χ4n) is 2.73. The minimum atomic E-state index is -4.04. The summed E-state index contributed by atoms with van der Waals surface area (Å²) in [6.07, 6.45) is 8.25. The molecule has 152 valence electrons. The Morgan fingerprint density at radius 3 is 2.11 bits per heavy atom. The Morgan fingerprint density at radius 2 is 1.46 bits per heavy atom. The minimum Gasteiger partial charge on any atom is -0.239 e. The predicted molar refractivity (Wildman–Crippen MR) is 116 cm³/mol. The van der Waals surface area contributed by atoms with Crippen LogP contribution in [0, 0.1) is 6.92 Å². The highest BCUT2D eigenvalue weighted by Crippen LogP contribution is 2.22. The Kier molecular flexibility index (Phi) is 8.45. The van der Waals surface area contributed by atoms with Crippen molar-refractivity contribution >= 4 is 19.8 Å². The number of rotatable bonds is 10. The molecule has 0 amide bonds. The second-order valence-corrected chi connectivity index (χ2v) is 10.7. The van der Waals surface area contributed by atoms with Crippen LogP contribution >= 0.6 is 0 Å². The maximum absolute atomic E-state index is 13.5. The Bertz CT molecular complexity index is 986. The van der Waals surface area contributed by atoms with Gasteiger partial charge in [0, 0.05) is 5.41 Å². The maximum atomic E-state index is 13.5. The lowest BCUT2D eigenvalue weighted by atomic mass is 10.1. The number of sulfonamides is 1. The molecule has 2 aromatic rings. The van der Waals surface area contributed by atoms with Crippen LogP contribution in [0.25, 0.3) is 0 Å². The molecule has 1 unspecified atom stereocenters. The van der Waals surface area contributed by atoms with Crippen LogP contribution in [0.4, 0.5) is 0 Å². The molecular weight excluding hydrogens is 390 g/mol. The van der Waals surface area contributed by atoms with Crippen molar-refractivity contribution in [1.82, 2.24) is 0 Å². The number of allylic oxidation sites excluding steroid dienone is 1. The fourth-order valence-corrected chi connectivity index (χ4v) is 6.36. The van der Waals surface area contributed by atoms with E-state index in [2.05, 4.69) is 10.7 Å². The van der Waals surface area contributed by atoms with E-state index in [0.29, 0.717) is 4.90 Å². The first-order valence-electron chi connectivity index (χ1n) is 9.69. The molecule has 6 heteroatoms. The van der Waals surface area contributed by atoms with Crippen molar-refractivity contribution in [2.45, 2.75) is 62.2 Å². The predicted octanol–water partition coefficient (Wildman–Crippen LogP) is 6.09. The van der Waals surface area contributed by atoms with E-state index in [9.17, 15) is 12.6 Å². The van der Waals surface area contributed by atoms with Gasteiger partial charge in [-0.3, -0.25) is 0 Å². The Hall–Kier alpha value is -1.92. The summed E-state index contributed by atoms with van der Waals surface area (Å²) in [5, 5.41) is 1.47. The number of hydrogen-bond acceptors (Lipinski definition) is 3. The molecule has 0 saturated heterocycles. The van der Waals surface area contributed by atoms with Gasteiger partial charge in [-0.05, 0) is 44.0 Å². The van der Waals surface area contributed by atoms with Gasteiger partial charge in [-0.25, -0.2) is 4.21 Å². The minimum absolute atomic E-state index is 0.0507. The summed E-state index contributed by atoms with van der Waals surface area (Å²) < 4.78 is 42.9. The summed E-state index contributed by atoms with van der Waals surface area (Å²) in [7, 11) is -7.26. The molecule has 0 aliphatic heterocycles. The SMILES string of the molecule is CCCCCCC/C=C/S(=O)(=NS(=O)(=O)c1ccc(C)cc1)c1ccccc1. The van der Waals surface area contributed by atoms with Crippen LogP contribution in [0.1, 0.15) is 51.0 Å². The Morgan fingerprint density at radius 1 is 0.821 bits per heavy atom. The number of unbranched alkanes of at least 4 members (excludes halogenated alkanes) is 5. The first kappa shape index (κ1) is 22.4. The van der Waals surface area contributed by atoms with Gasteiger partial charge in [0.2, 0.25) is 0 Å². The Labute approximate surface area is 169 Å². The molecule has 0 aliphatic rings. The largest absolute Gasteiger partial charge is 0.290 e. The van der Waals surface area contributed by atoms with Crippen LogP contribution in [0.5, 0.6) is 0 Å². The standard InChI is InChI=1S/C22H29NO3S2/c1-3-4-5-6-7-8-12-19-27(24,21-13-10-9-11-14-21)23-28(25,26)22-17-15-20(2)16-18-22/h9-19H,3-8H2,1-2H3/b19-12+. The molecule has 2 aromatic carbocycles. The van der Waals surface area contributed by atoms with Crippen molar-refractivity contribution in [2.24, 2.45) is 3.77 Å². The monoisotopic (exact) mass is 419 g/mol. The summed E-state index contributed by atoms with van der Waals surface area (Å²) in [6.45, 7) is 4.05. The normalized spacial score (nSPS) is 14.1. The molecule has 0 radical (unpaired) electrons. The first-order valence-corrected chi connectivity index (χ1v) is 12.7. The zero-order valence-electron chi connectivity index (χ0n) is 16.6. The lowest BCUT2D eigenvalue weighted by molar-refractivity contribution is 0.598. The average molecular weight is 420 g/mol. The second kappa shape index (κ2) is 10.6. The van der Waals surface area contributed by atoms with Crippen LogP contribution < -0.4 is 0 Å². The van der Waals surface area contributed by atoms with Crippen LogP contribution in [-0.4, -0.2) is 12.6 Å². The average Bonchev–Trinajstić information content (AvgIpc) is 2.68. The van der Waals surface area contributed by atoms with E-state index in [1.807, 2.05) is 6.92 Å². The van der Waals surface area contributed by atoms with E-state index >= 15 is 0 Å². The molecule has 4 nitrogen and oxygen atoms in total. The van der Waals surface area contributed by atoms with E-state index in [-0.39, 0.29) is 4.90 Å². The molecule has 0 bridgehead atoms. The van der Waals surface area contributed by atoms with Gasteiger partial charge in [-0.2, -0.15) is 8.42 Å². The van der Waals surface area contributed by atoms with Crippen molar-refractivity contribution in [3.05, 3.63) is 71.6 Å². The third kappa shape index (κ3) is 6.60. The highest BCUT2D eigenvalue weighted by Gasteiger charge is 2.18. The highest BCUT2D eigenvalue weighted by atomic mass is 32.3. The van der Waals surface area contributed by atoms with Gasteiger partial charge >= 0.3 is 0 Å². The molecule has 28 heavy (non-hydrogen) atoms. The summed E-state index contributed by atoms with van der Waals surface area (Å²) in [5.41, 5.74) is 0.950. The zero-order valence-corrected chi connectivity index (χ0v) is 18.2.